The second-order valence-electron chi connectivity index (χ2n) is 6.41. The lowest BCUT2D eigenvalue weighted by molar-refractivity contribution is 0.208. The highest BCUT2D eigenvalue weighted by molar-refractivity contribution is 5.88. The quantitative estimate of drug-likeness (QED) is 0.731. The molecule has 0 aliphatic carbocycles. The number of carbonyl (C=O) groups excluding carboxylic acids is 1. The minimum Gasteiger partial charge on any atom is -0.337 e. The van der Waals surface area contributed by atoms with Crippen LogP contribution < -0.4 is 10.2 Å². The van der Waals surface area contributed by atoms with Crippen molar-refractivity contribution in [3.05, 3.63) is 60.4 Å². The highest BCUT2D eigenvalue weighted by atomic mass is 19.1. The molecular formula is C19H17F2N7O. The largest absolute Gasteiger partial charge is 0.337 e. The third-order valence-electron chi connectivity index (χ3n) is 4.46. The Balaban J connectivity index is 1.41. The van der Waals surface area contributed by atoms with Crippen LogP contribution in [0.3, 0.4) is 0 Å². The first kappa shape index (κ1) is 18.7. The summed E-state index contributed by atoms with van der Waals surface area (Å²) in [5.74, 6) is -0.495. The van der Waals surface area contributed by atoms with Gasteiger partial charge in [0.2, 0.25) is 5.95 Å². The van der Waals surface area contributed by atoms with E-state index in [0.717, 1.165) is 6.07 Å². The van der Waals surface area contributed by atoms with Crippen LogP contribution in [0.25, 0.3) is 11.3 Å². The normalized spacial score (nSPS) is 14.0. The Kier molecular flexibility index (Phi) is 5.23. The Bertz CT molecular complexity index is 990. The van der Waals surface area contributed by atoms with Gasteiger partial charge in [-0.05, 0) is 30.3 Å². The zero-order valence-corrected chi connectivity index (χ0v) is 15.3. The van der Waals surface area contributed by atoms with Gasteiger partial charge >= 0.3 is 6.03 Å². The summed E-state index contributed by atoms with van der Waals surface area (Å²) in [6.07, 6.45) is 3.08. The fraction of sp³-hybridized carbons (Fsp3) is 0.211. The van der Waals surface area contributed by atoms with Crippen molar-refractivity contribution in [2.24, 2.45) is 0 Å². The molecule has 2 aromatic heterocycles. The van der Waals surface area contributed by atoms with Crippen molar-refractivity contribution in [3.63, 3.8) is 0 Å². The Morgan fingerprint density at radius 1 is 1.00 bits per heavy atom. The molecule has 1 aromatic carbocycles. The molecule has 0 bridgehead atoms. The number of hydrogen-bond donors (Lipinski definition) is 1. The number of anilines is 2. The summed E-state index contributed by atoms with van der Waals surface area (Å²) in [6, 6.07) is 7.97. The van der Waals surface area contributed by atoms with E-state index in [1.807, 2.05) is 4.90 Å². The number of rotatable bonds is 3. The van der Waals surface area contributed by atoms with Gasteiger partial charge in [-0.25, -0.2) is 23.5 Å². The molecule has 0 saturated carbocycles. The van der Waals surface area contributed by atoms with Gasteiger partial charge in [0.15, 0.2) is 5.82 Å². The monoisotopic (exact) mass is 397 g/mol. The lowest BCUT2D eigenvalue weighted by Gasteiger charge is -2.34. The molecule has 0 unspecified atom stereocenters. The number of urea groups is 1. The van der Waals surface area contributed by atoms with Crippen molar-refractivity contribution in [1.29, 1.82) is 0 Å². The van der Waals surface area contributed by atoms with Crippen molar-refractivity contribution in [1.82, 2.24) is 25.1 Å². The van der Waals surface area contributed by atoms with E-state index in [0.29, 0.717) is 49.2 Å². The first-order valence-corrected chi connectivity index (χ1v) is 8.96. The number of amides is 2. The maximum absolute atomic E-state index is 13.5. The number of halogens is 2. The average Bonchev–Trinajstić information content (AvgIpc) is 2.74. The maximum Gasteiger partial charge on any atom is 0.323 e. The molecule has 1 aliphatic heterocycles. The predicted octanol–water partition coefficient (Wildman–Crippen LogP) is 2.57. The van der Waals surface area contributed by atoms with E-state index in [1.54, 1.807) is 29.3 Å². The molecule has 1 fully saturated rings. The van der Waals surface area contributed by atoms with Crippen molar-refractivity contribution in [2.45, 2.75) is 0 Å². The minimum atomic E-state index is -0.664. The van der Waals surface area contributed by atoms with Crippen molar-refractivity contribution >= 4 is 17.8 Å². The standard InChI is InChI=1S/C19H17F2N7O/c20-14-10-13(11-15(21)12-14)16-3-5-22-18(24-16)27-6-8-28(9-7-27)19(29)25-17-2-1-4-23-26-17/h1-5,10-12H,6-9H2,(H,25,26,29). The average molecular weight is 397 g/mol. The Hall–Kier alpha value is -3.69. The summed E-state index contributed by atoms with van der Waals surface area (Å²) in [5.41, 5.74) is 0.768. The maximum atomic E-state index is 13.5. The van der Waals surface area contributed by atoms with Crippen LogP contribution in [0.2, 0.25) is 0 Å². The lowest BCUT2D eigenvalue weighted by Crippen LogP contribution is -2.50. The summed E-state index contributed by atoms with van der Waals surface area (Å²) < 4.78 is 27.0. The lowest BCUT2D eigenvalue weighted by atomic mass is 10.1. The van der Waals surface area contributed by atoms with Gasteiger partial charge in [-0.1, -0.05) is 0 Å². The predicted molar refractivity (Wildman–Crippen MR) is 102 cm³/mol. The fourth-order valence-electron chi connectivity index (χ4n) is 3.03. The third kappa shape index (κ3) is 4.42. The number of benzene rings is 1. The summed E-state index contributed by atoms with van der Waals surface area (Å²) in [4.78, 5) is 24.6. The molecule has 148 valence electrons. The van der Waals surface area contributed by atoms with Crippen molar-refractivity contribution in [3.8, 4) is 11.3 Å². The molecule has 10 heteroatoms. The van der Waals surface area contributed by atoms with Gasteiger partial charge in [-0.3, -0.25) is 5.32 Å². The van der Waals surface area contributed by atoms with Gasteiger partial charge in [0.1, 0.15) is 11.6 Å². The molecule has 1 N–H and O–H groups in total. The van der Waals surface area contributed by atoms with Crippen LogP contribution in [0.15, 0.2) is 48.8 Å². The highest BCUT2D eigenvalue weighted by Crippen LogP contribution is 2.22. The Labute approximate surface area is 165 Å². The minimum absolute atomic E-state index is 0.255. The van der Waals surface area contributed by atoms with E-state index in [2.05, 4.69) is 25.5 Å². The molecule has 29 heavy (non-hydrogen) atoms. The molecule has 3 heterocycles. The molecule has 0 radical (unpaired) electrons. The van der Waals surface area contributed by atoms with Crippen LogP contribution >= 0.6 is 0 Å². The smallest absolute Gasteiger partial charge is 0.323 e. The fourth-order valence-corrected chi connectivity index (χ4v) is 3.03. The zero-order chi connectivity index (χ0) is 20.2. The van der Waals surface area contributed by atoms with Crippen LogP contribution in [-0.4, -0.2) is 57.3 Å². The summed E-state index contributed by atoms with van der Waals surface area (Å²) >= 11 is 0. The van der Waals surface area contributed by atoms with Gasteiger partial charge in [-0.2, -0.15) is 5.10 Å². The molecular weight excluding hydrogens is 380 g/mol. The number of carbonyl (C=O) groups is 1. The van der Waals surface area contributed by atoms with E-state index in [4.69, 9.17) is 0 Å². The zero-order valence-electron chi connectivity index (χ0n) is 15.3. The number of hydrogen-bond acceptors (Lipinski definition) is 6. The molecule has 0 atom stereocenters. The summed E-state index contributed by atoms with van der Waals surface area (Å²) in [5, 5.41) is 10.3. The Morgan fingerprint density at radius 2 is 1.76 bits per heavy atom. The van der Waals surface area contributed by atoms with E-state index >= 15 is 0 Å². The number of nitrogens with one attached hydrogen (secondary N) is 1. The Morgan fingerprint density at radius 3 is 2.45 bits per heavy atom. The molecule has 8 nitrogen and oxygen atoms in total. The van der Waals surface area contributed by atoms with Crippen LogP contribution in [0, 0.1) is 11.6 Å². The molecule has 1 aliphatic rings. The van der Waals surface area contributed by atoms with Crippen LogP contribution in [0.5, 0.6) is 0 Å². The molecule has 3 aromatic rings. The van der Waals surface area contributed by atoms with Gasteiger partial charge in [0.05, 0.1) is 5.69 Å². The van der Waals surface area contributed by atoms with Crippen LogP contribution in [0.1, 0.15) is 0 Å². The summed E-state index contributed by atoms with van der Waals surface area (Å²) in [7, 11) is 0. The molecule has 1 saturated heterocycles. The van der Waals surface area contributed by atoms with E-state index < -0.39 is 11.6 Å². The number of nitrogens with zero attached hydrogens (tertiary/aromatic N) is 6. The van der Waals surface area contributed by atoms with Crippen LogP contribution in [0.4, 0.5) is 25.3 Å². The van der Waals surface area contributed by atoms with Gasteiger partial charge in [0.25, 0.3) is 0 Å². The van der Waals surface area contributed by atoms with Gasteiger partial charge in [0, 0.05) is 50.2 Å². The first-order chi connectivity index (χ1) is 14.1. The SMILES string of the molecule is O=C(Nc1cccnn1)N1CCN(c2nccc(-c3cc(F)cc(F)c3)n2)CC1. The molecule has 0 spiro atoms. The molecule has 2 amide bonds. The van der Waals surface area contributed by atoms with E-state index in [-0.39, 0.29) is 6.03 Å². The number of piperazine rings is 1. The third-order valence-corrected chi connectivity index (χ3v) is 4.46. The first-order valence-electron chi connectivity index (χ1n) is 8.96. The van der Waals surface area contributed by atoms with E-state index in [1.165, 1.54) is 18.3 Å². The second kappa shape index (κ2) is 8.13. The summed E-state index contributed by atoms with van der Waals surface area (Å²) in [6.45, 7) is 1.98. The highest BCUT2D eigenvalue weighted by Gasteiger charge is 2.23. The van der Waals surface area contributed by atoms with Gasteiger partial charge < -0.3 is 9.80 Å². The number of aromatic nitrogens is 4. The van der Waals surface area contributed by atoms with Gasteiger partial charge in [-0.15, -0.1) is 5.10 Å². The van der Waals surface area contributed by atoms with Crippen molar-refractivity contribution in [2.75, 3.05) is 36.4 Å². The molecule has 4 rings (SSSR count). The van der Waals surface area contributed by atoms with Crippen molar-refractivity contribution < 1.29 is 13.6 Å². The van der Waals surface area contributed by atoms with E-state index in [9.17, 15) is 13.6 Å². The topological polar surface area (TPSA) is 87.1 Å². The second-order valence-corrected chi connectivity index (χ2v) is 6.41. The van der Waals surface area contributed by atoms with Crippen LogP contribution in [-0.2, 0) is 0 Å².